The highest BCUT2D eigenvalue weighted by Gasteiger charge is 2.28. The molecule has 0 spiro atoms. The van der Waals surface area contributed by atoms with E-state index in [-0.39, 0.29) is 11.8 Å². The number of para-hydroxylation sites is 1. The van der Waals surface area contributed by atoms with E-state index in [4.69, 9.17) is 4.74 Å². The fourth-order valence-corrected chi connectivity index (χ4v) is 4.81. The summed E-state index contributed by atoms with van der Waals surface area (Å²) in [6.07, 6.45) is 6.19. The maximum absolute atomic E-state index is 13.4. The molecule has 3 aromatic rings. The van der Waals surface area contributed by atoms with Crippen molar-refractivity contribution in [2.24, 2.45) is 0 Å². The first kappa shape index (κ1) is 20.2. The molecule has 2 aliphatic heterocycles. The molecule has 5 rings (SSSR count). The van der Waals surface area contributed by atoms with Gasteiger partial charge in [0.25, 0.3) is 11.8 Å². The number of carbonyl (C=O) groups excluding carboxylic acids is 2. The number of hydrogen-bond acceptors (Lipinski definition) is 4. The van der Waals surface area contributed by atoms with E-state index in [2.05, 4.69) is 22.2 Å². The smallest absolute Gasteiger partial charge is 0.259 e. The molecule has 6 nitrogen and oxygen atoms in total. The molecule has 7 heteroatoms. The van der Waals surface area contributed by atoms with Crippen LogP contribution in [0.3, 0.4) is 0 Å². The summed E-state index contributed by atoms with van der Waals surface area (Å²) >= 11 is 1.73. The van der Waals surface area contributed by atoms with E-state index in [0.29, 0.717) is 29.1 Å². The van der Waals surface area contributed by atoms with Gasteiger partial charge in [0.2, 0.25) is 0 Å². The third-order valence-corrected chi connectivity index (χ3v) is 6.45. The topological polar surface area (TPSA) is 63.6 Å². The molecular formula is C25H21N3O3S. The number of anilines is 1. The first-order valence-electron chi connectivity index (χ1n) is 10.2. The number of nitrogens with one attached hydrogen (secondary N) is 1. The zero-order valence-electron chi connectivity index (χ0n) is 17.4. The van der Waals surface area contributed by atoms with Gasteiger partial charge in [0, 0.05) is 40.0 Å². The van der Waals surface area contributed by atoms with Gasteiger partial charge >= 0.3 is 0 Å². The van der Waals surface area contributed by atoms with Gasteiger partial charge in [0.15, 0.2) is 0 Å². The van der Waals surface area contributed by atoms with Gasteiger partial charge in [-0.15, -0.1) is 11.8 Å². The van der Waals surface area contributed by atoms with E-state index in [1.165, 1.54) is 7.11 Å². The normalized spacial score (nSPS) is 14.6. The molecule has 1 aromatic heterocycles. The Balaban J connectivity index is 1.36. The Morgan fingerprint density at radius 1 is 1.03 bits per heavy atom. The van der Waals surface area contributed by atoms with Crippen LogP contribution in [-0.4, -0.2) is 34.1 Å². The number of methoxy groups -OCH3 is 1. The summed E-state index contributed by atoms with van der Waals surface area (Å²) in [5.74, 6) is 1.03. The lowest BCUT2D eigenvalue weighted by molar-refractivity contribution is 0.0800. The van der Waals surface area contributed by atoms with Crippen molar-refractivity contribution in [3.05, 3.63) is 100 Å². The molecule has 2 aliphatic rings. The van der Waals surface area contributed by atoms with Gasteiger partial charge in [0.05, 0.1) is 24.9 Å². The highest BCUT2D eigenvalue weighted by atomic mass is 32.2. The van der Waals surface area contributed by atoms with Crippen LogP contribution in [0.4, 0.5) is 5.69 Å². The van der Waals surface area contributed by atoms with Crippen molar-refractivity contribution >= 4 is 35.5 Å². The molecular weight excluding hydrogens is 422 g/mol. The number of fused-ring (bicyclic) bond motifs is 2. The Kier molecular flexibility index (Phi) is 5.33. The Hall–Kier alpha value is -3.71. The minimum Gasteiger partial charge on any atom is -0.496 e. The van der Waals surface area contributed by atoms with Crippen LogP contribution in [0, 0.1) is 0 Å². The lowest BCUT2D eigenvalue weighted by Crippen LogP contribution is -2.29. The van der Waals surface area contributed by atoms with Gasteiger partial charge in [-0.25, -0.2) is 0 Å². The van der Waals surface area contributed by atoms with E-state index in [9.17, 15) is 9.59 Å². The monoisotopic (exact) mass is 443 g/mol. The van der Waals surface area contributed by atoms with Crippen LogP contribution in [0.25, 0.3) is 6.20 Å². The fourth-order valence-electron chi connectivity index (χ4n) is 3.86. The number of ether oxygens (including phenoxy) is 1. The SMILES string of the molecule is COc1ccccc1C(=O)Nc1ccc(C(=O)N2Cc3cccn3C=C3SCC=C32)cc1. The second-order valence-corrected chi connectivity index (χ2v) is 8.49. The van der Waals surface area contributed by atoms with Gasteiger partial charge in [-0.05, 0) is 54.6 Å². The predicted molar refractivity (Wildman–Crippen MR) is 127 cm³/mol. The highest BCUT2D eigenvalue weighted by molar-refractivity contribution is 8.03. The second kappa shape index (κ2) is 8.43. The molecule has 0 saturated heterocycles. The molecule has 0 bridgehead atoms. The zero-order valence-corrected chi connectivity index (χ0v) is 18.3. The highest BCUT2D eigenvalue weighted by Crippen LogP contribution is 2.37. The summed E-state index contributed by atoms with van der Waals surface area (Å²) in [5, 5.41) is 2.86. The molecule has 2 amide bonds. The van der Waals surface area contributed by atoms with Crippen molar-refractivity contribution in [1.29, 1.82) is 0 Å². The van der Waals surface area contributed by atoms with Gasteiger partial charge in [-0.2, -0.15) is 0 Å². The van der Waals surface area contributed by atoms with Gasteiger partial charge in [0.1, 0.15) is 5.75 Å². The Labute approximate surface area is 190 Å². The van der Waals surface area contributed by atoms with Crippen molar-refractivity contribution in [3.63, 3.8) is 0 Å². The number of rotatable bonds is 4. The van der Waals surface area contributed by atoms with Crippen LogP contribution < -0.4 is 10.1 Å². The molecule has 1 N–H and O–H groups in total. The molecule has 0 aliphatic carbocycles. The first-order valence-corrected chi connectivity index (χ1v) is 11.2. The molecule has 3 heterocycles. The predicted octanol–water partition coefficient (Wildman–Crippen LogP) is 4.83. The number of carbonyl (C=O) groups is 2. The average Bonchev–Trinajstić information content (AvgIpc) is 3.44. The zero-order chi connectivity index (χ0) is 22.1. The molecule has 0 atom stereocenters. The first-order chi connectivity index (χ1) is 15.6. The van der Waals surface area contributed by atoms with Crippen molar-refractivity contribution < 1.29 is 14.3 Å². The third-order valence-electron chi connectivity index (χ3n) is 5.49. The largest absolute Gasteiger partial charge is 0.496 e. The Morgan fingerprint density at radius 2 is 1.84 bits per heavy atom. The van der Waals surface area contributed by atoms with E-state index >= 15 is 0 Å². The summed E-state index contributed by atoms with van der Waals surface area (Å²) in [4.78, 5) is 28.9. The molecule has 0 saturated carbocycles. The summed E-state index contributed by atoms with van der Waals surface area (Å²) < 4.78 is 7.34. The van der Waals surface area contributed by atoms with E-state index < -0.39 is 0 Å². The molecule has 2 aromatic carbocycles. The quantitative estimate of drug-likeness (QED) is 0.627. The number of nitrogens with zero attached hydrogens (tertiary/aromatic N) is 2. The Morgan fingerprint density at radius 3 is 2.66 bits per heavy atom. The number of aromatic nitrogens is 1. The van der Waals surface area contributed by atoms with Crippen molar-refractivity contribution in [3.8, 4) is 5.75 Å². The Bertz CT molecular complexity index is 1260. The number of benzene rings is 2. The minimum atomic E-state index is -0.266. The molecule has 0 radical (unpaired) electrons. The third kappa shape index (κ3) is 3.71. The maximum Gasteiger partial charge on any atom is 0.259 e. The number of hydrogen-bond donors (Lipinski definition) is 1. The van der Waals surface area contributed by atoms with Gasteiger partial charge in [-0.3, -0.25) is 9.59 Å². The molecule has 160 valence electrons. The maximum atomic E-state index is 13.4. The molecule has 0 fully saturated rings. The number of amides is 2. The van der Waals surface area contributed by atoms with Crippen LogP contribution in [0.2, 0.25) is 0 Å². The fraction of sp³-hybridized carbons (Fsp3) is 0.120. The van der Waals surface area contributed by atoms with Crippen molar-refractivity contribution in [2.75, 3.05) is 18.2 Å². The molecule has 0 unspecified atom stereocenters. The summed E-state index contributed by atoms with van der Waals surface area (Å²) in [6.45, 7) is 0.504. The summed E-state index contributed by atoms with van der Waals surface area (Å²) in [7, 11) is 1.53. The standard InChI is InChI=1S/C25H21N3O3S/c1-31-22-7-3-2-6-20(22)24(29)26-18-10-8-17(9-11-18)25(30)28-15-19-5-4-13-27(19)16-23-21(28)12-14-32-23/h2-13,16H,14-15H2,1H3,(H,26,29). The summed E-state index contributed by atoms with van der Waals surface area (Å²) in [6, 6.07) is 18.1. The van der Waals surface area contributed by atoms with Crippen molar-refractivity contribution in [2.45, 2.75) is 6.54 Å². The van der Waals surface area contributed by atoms with Crippen molar-refractivity contribution in [1.82, 2.24) is 9.47 Å². The van der Waals surface area contributed by atoms with Crippen LogP contribution in [-0.2, 0) is 6.54 Å². The second-order valence-electron chi connectivity index (χ2n) is 7.42. The van der Waals surface area contributed by atoms with Gasteiger partial charge < -0.3 is 19.5 Å². The molecule has 32 heavy (non-hydrogen) atoms. The lowest BCUT2D eigenvalue weighted by Gasteiger charge is -2.23. The van der Waals surface area contributed by atoms with Crippen LogP contribution in [0.15, 0.2) is 83.5 Å². The van der Waals surface area contributed by atoms with E-state index in [1.54, 1.807) is 54.2 Å². The van der Waals surface area contributed by atoms with Gasteiger partial charge in [-0.1, -0.05) is 12.1 Å². The van der Waals surface area contributed by atoms with E-state index in [1.807, 2.05) is 29.3 Å². The lowest BCUT2D eigenvalue weighted by atomic mass is 10.1. The van der Waals surface area contributed by atoms with Crippen LogP contribution in [0.5, 0.6) is 5.75 Å². The van der Waals surface area contributed by atoms with Crippen LogP contribution >= 0.6 is 11.8 Å². The minimum absolute atomic E-state index is 0.0677. The average molecular weight is 444 g/mol. The summed E-state index contributed by atoms with van der Waals surface area (Å²) in [5.41, 5.74) is 3.64. The number of thioether (sulfide) groups is 1. The van der Waals surface area contributed by atoms with E-state index in [0.717, 1.165) is 22.0 Å². The van der Waals surface area contributed by atoms with Crippen LogP contribution in [0.1, 0.15) is 26.4 Å².